The maximum atomic E-state index is 3.53. The highest BCUT2D eigenvalue weighted by Gasteiger charge is 2.35. The first kappa shape index (κ1) is 12.4. The van der Waals surface area contributed by atoms with Crippen molar-refractivity contribution in [3.05, 3.63) is 0 Å². The van der Waals surface area contributed by atoms with Crippen molar-refractivity contribution in [1.29, 1.82) is 0 Å². The molecule has 2 aliphatic heterocycles. The smallest absolute Gasteiger partial charge is 0.00384 e. The minimum Gasteiger partial charge on any atom is -0.316 e. The topological polar surface area (TPSA) is 15.3 Å². The van der Waals surface area contributed by atoms with Crippen LogP contribution in [0.4, 0.5) is 0 Å². The number of nitrogens with one attached hydrogen (secondary N) is 1. The Morgan fingerprint density at radius 3 is 2.69 bits per heavy atom. The average Bonchev–Trinajstić information content (AvgIpc) is 2.75. The zero-order valence-electron chi connectivity index (χ0n) is 11.1. The number of likely N-dealkylation sites (tertiary alicyclic amines) is 1. The van der Waals surface area contributed by atoms with Gasteiger partial charge in [0.05, 0.1) is 0 Å². The number of rotatable bonds is 4. The Hall–Kier alpha value is -0.0800. The Balaban J connectivity index is 1.79. The van der Waals surface area contributed by atoms with Crippen LogP contribution in [0.25, 0.3) is 0 Å². The highest BCUT2D eigenvalue weighted by atomic mass is 15.2. The molecule has 94 valence electrons. The van der Waals surface area contributed by atoms with E-state index in [0.717, 1.165) is 5.92 Å². The van der Waals surface area contributed by atoms with E-state index in [1.165, 1.54) is 64.8 Å². The van der Waals surface area contributed by atoms with E-state index >= 15 is 0 Å². The third kappa shape index (κ3) is 2.78. The SMILES string of the molecule is CCC1(CC)CCN(CC2CCCNC2)C1. The summed E-state index contributed by atoms with van der Waals surface area (Å²) in [7, 11) is 0. The molecule has 2 aliphatic rings. The van der Waals surface area contributed by atoms with Gasteiger partial charge in [-0.3, -0.25) is 0 Å². The summed E-state index contributed by atoms with van der Waals surface area (Å²) >= 11 is 0. The Morgan fingerprint density at radius 1 is 1.31 bits per heavy atom. The van der Waals surface area contributed by atoms with Gasteiger partial charge in [0.15, 0.2) is 0 Å². The minimum atomic E-state index is 0.655. The molecule has 0 aromatic rings. The molecular weight excluding hydrogens is 196 g/mol. The summed E-state index contributed by atoms with van der Waals surface area (Å²) in [5.41, 5.74) is 0.655. The molecule has 0 aromatic heterocycles. The van der Waals surface area contributed by atoms with Gasteiger partial charge in [0, 0.05) is 13.1 Å². The van der Waals surface area contributed by atoms with Crippen molar-refractivity contribution in [2.45, 2.75) is 46.0 Å². The van der Waals surface area contributed by atoms with E-state index in [-0.39, 0.29) is 0 Å². The Kier molecular flexibility index (Phi) is 4.26. The van der Waals surface area contributed by atoms with Gasteiger partial charge >= 0.3 is 0 Å². The van der Waals surface area contributed by atoms with E-state index in [1.54, 1.807) is 0 Å². The van der Waals surface area contributed by atoms with Gasteiger partial charge in [-0.2, -0.15) is 0 Å². The predicted octanol–water partition coefficient (Wildman–Crippen LogP) is 2.50. The van der Waals surface area contributed by atoms with E-state index in [0.29, 0.717) is 5.41 Å². The molecule has 2 heteroatoms. The van der Waals surface area contributed by atoms with Crippen LogP contribution in [-0.2, 0) is 0 Å². The second kappa shape index (κ2) is 5.50. The van der Waals surface area contributed by atoms with Gasteiger partial charge in [-0.1, -0.05) is 13.8 Å². The van der Waals surface area contributed by atoms with Crippen LogP contribution in [0.3, 0.4) is 0 Å². The largest absolute Gasteiger partial charge is 0.316 e. The molecule has 1 atom stereocenters. The number of hydrogen-bond donors (Lipinski definition) is 1. The highest BCUT2D eigenvalue weighted by Crippen LogP contribution is 2.37. The molecule has 0 radical (unpaired) electrons. The van der Waals surface area contributed by atoms with E-state index in [1.807, 2.05) is 0 Å². The first-order valence-electron chi connectivity index (χ1n) is 7.21. The summed E-state index contributed by atoms with van der Waals surface area (Å²) in [6, 6.07) is 0. The van der Waals surface area contributed by atoms with Crippen LogP contribution in [0.2, 0.25) is 0 Å². The fourth-order valence-electron chi connectivity index (χ4n) is 3.46. The number of hydrogen-bond acceptors (Lipinski definition) is 2. The van der Waals surface area contributed by atoms with E-state index in [4.69, 9.17) is 0 Å². The Morgan fingerprint density at radius 2 is 2.12 bits per heavy atom. The van der Waals surface area contributed by atoms with Crippen molar-refractivity contribution in [1.82, 2.24) is 10.2 Å². The molecule has 0 aromatic carbocycles. The second-order valence-electron chi connectivity index (χ2n) is 5.90. The minimum absolute atomic E-state index is 0.655. The molecule has 2 saturated heterocycles. The maximum Gasteiger partial charge on any atom is 0.00384 e. The first-order valence-corrected chi connectivity index (χ1v) is 7.21. The summed E-state index contributed by atoms with van der Waals surface area (Å²) in [5.74, 6) is 0.915. The summed E-state index contributed by atoms with van der Waals surface area (Å²) in [4.78, 5) is 2.73. The number of nitrogens with zero attached hydrogens (tertiary/aromatic N) is 1. The monoisotopic (exact) mass is 224 g/mol. The highest BCUT2D eigenvalue weighted by molar-refractivity contribution is 4.89. The van der Waals surface area contributed by atoms with E-state index < -0.39 is 0 Å². The second-order valence-corrected chi connectivity index (χ2v) is 5.90. The molecule has 0 spiro atoms. The Labute approximate surface area is 101 Å². The van der Waals surface area contributed by atoms with Crippen LogP contribution >= 0.6 is 0 Å². The van der Waals surface area contributed by atoms with Crippen molar-refractivity contribution in [2.75, 3.05) is 32.7 Å². The zero-order chi connectivity index (χ0) is 11.4. The van der Waals surface area contributed by atoms with Crippen LogP contribution in [-0.4, -0.2) is 37.6 Å². The summed E-state index contributed by atoms with van der Waals surface area (Å²) in [6.45, 7) is 11.3. The molecule has 16 heavy (non-hydrogen) atoms. The van der Waals surface area contributed by atoms with Crippen LogP contribution in [0.15, 0.2) is 0 Å². The summed E-state index contributed by atoms with van der Waals surface area (Å²) in [6.07, 6.45) is 6.98. The van der Waals surface area contributed by atoms with Gasteiger partial charge in [0.1, 0.15) is 0 Å². The van der Waals surface area contributed by atoms with Gasteiger partial charge in [0.2, 0.25) is 0 Å². The van der Waals surface area contributed by atoms with E-state index in [9.17, 15) is 0 Å². The summed E-state index contributed by atoms with van der Waals surface area (Å²) in [5, 5.41) is 3.53. The third-order valence-corrected chi connectivity index (χ3v) is 4.93. The molecule has 0 saturated carbocycles. The van der Waals surface area contributed by atoms with Crippen LogP contribution < -0.4 is 5.32 Å². The lowest BCUT2D eigenvalue weighted by atomic mass is 9.82. The van der Waals surface area contributed by atoms with Gasteiger partial charge in [-0.05, 0) is 63.1 Å². The van der Waals surface area contributed by atoms with Gasteiger partial charge in [-0.25, -0.2) is 0 Å². The van der Waals surface area contributed by atoms with Gasteiger partial charge < -0.3 is 10.2 Å². The molecule has 2 nitrogen and oxygen atoms in total. The predicted molar refractivity (Wildman–Crippen MR) is 69.7 cm³/mol. The van der Waals surface area contributed by atoms with Crippen molar-refractivity contribution in [3.63, 3.8) is 0 Å². The fourth-order valence-corrected chi connectivity index (χ4v) is 3.46. The molecule has 1 N–H and O–H groups in total. The normalized spacial score (nSPS) is 30.8. The third-order valence-electron chi connectivity index (χ3n) is 4.93. The van der Waals surface area contributed by atoms with Gasteiger partial charge in [-0.15, -0.1) is 0 Å². The van der Waals surface area contributed by atoms with Crippen LogP contribution in [0.1, 0.15) is 46.0 Å². The molecule has 2 heterocycles. The quantitative estimate of drug-likeness (QED) is 0.789. The molecule has 1 unspecified atom stereocenters. The molecule has 0 bridgehead atoms. The Bertz CT molecular complexity index is 205. The first-order chi connectivity index (χ1) is 7.78. The lowest BCUT2D eigenvalue weighted by molar-refractivity contribution is 0.203. The fraction of sp³-hybridized carbons (Fsp3) is 1.00. The molecular formula is C14H28N2. The maximum absolute atomic E-state index is 3.53. The average molecular weight is 224 g/mol. The van der Waals surface area contributed by atoms with Gasteiger partial charge in [0.25, 0.3) is 0 Å². The van der Waals surface area contributed by atoms with Crippen LogP contribution in [0.5, 0.6) is 0 Å². The van der Waals surface area contributed by atoms with Crippen molar-refractivity contribution < 1.29 is 0 Å². The summed E-state index contributed by atoms with van der Waals surface area (Å²) < 4.78 is 0. The standard InChI is InChI=1S/C14H28N2/c1-3-14(4-2)7-9-16(12-14)11-13-6-5-8-15-10-13/h13,15H,3-12H2,1-2H3. The molecule has 0 aliphatic carbocycles. The lowest BCUT2D eigenvalue weighted by Gasteiger charge is -2.30. The van der Waals surface area contributed by atoms with Crippen molar-refractivity contribution in [3.8, 4) is 0 Å². The van der Waals surface area contributed by atoms with E-state index in [2.05, 4.69) is 24.1 Å². The lowest BCUT2D eigenvalue weighted by Crippen LogP contribution is -2.38. The molecule has 2 rings (SSSR count). The van der Waals surface area contributed by atoms with Crippen molar-refractivity contribution >= 4 is 0 Å². The van der Waals surface area contributed by atoms with Crippen molar-refractivity contribution in [2.24, 2.45) is 11.3 Å². The van der Waals surface area contributed by atoms with Crippen LogP contribution in [0, 0.1) is 11.3 Å². The number of piperidine rings is 1. The zero-order valence-corrected chi connectivity index (χ0v) is 11.1. The molecule has 0 amide bonds. The molecule has 2 fully saturated rings.